The number of aromatic nitrogens is 2. The maximum Gasteiger partial charge on any atom is 0.160 e. The van der Waals surface area contributed by atoms with Crippen LogP contribution in [0.15, 0.2) is 78.9 Å². The molecule has 3 rings (SSSR count). The monoisotopic (exact) mass is 356 g/mol. The molecule has 0 saturated heterocycles. The molecule has 2 heteroatoms. The first-order valence-corrected chi connectivity index (χ1v) is 9.52. The second-order valence-corrected chi connectivity index (χ2v) is 5.94. The molecule has 1 aromatic heterocycles. The van der Waals surface area contributed by atoms with Crippen molar-refractivity contribution in [1.82, 2.24) is 9.97 Å². The predicted molar refractivity (Wildman–Crippen MR) is 117 cm³/mol. The SMILES string of the molecule is C/C=C\C(=C/C)c1cc(-c2cccc(C)c2)nc(-c2ccccc2)n1.CC. The normalized spacial score (nSPS) is 11.2. The first kappa shape index (κ1) is 20.3. The van der Waals surface area contributed by atoms with Crippen LogP contribution in [0.2, 0.25) is 0 Å². The Bertz CT molecular complexity index is 922. The van der Waals surface area contributed by atoms with Crippen molar-refractivity contribution in [2.24, 2.45) is 0 Å². The molecule has 0 unspecified atom stereocenters. The molecule has 3 aromatic rings. The van der Waals surface area contributed by atoms with Gasteiger partial charge in [-0.15, -0.1) is 0 Å². The fourth-order valence-corrected chi connectivity index (χ4v) is 2.77. The summed E-state index contributed by atoms with van der Waals surface area (Å²) in [4.78, 5) is 9.64. The molecule has 0 aliphatic rings. The minimum atomic E-state index is 0.749. The number of aryl methyl sites for hydroxylation is 1. The molecule has 0 aliphatic carbocycles. The summed E-state index contributed by atoms with van der Waals surface area (Å²) < 4.78 is 0. The molecule has 1 heterocycles. The topological polar surface area (TPSA) is 25.8 Å². The molecule has 0 saturated carbocycles. The number of hydrogen-bond donors (Lipinski definition) is 0. The van der Waals surface area contributed by atoms with E-state index in [2.05, 4.69) is 49.4 Å². The van der Waals surface area contributed by atoms with Crippen molar-refractivity contribution in [1.29, 1.82) is 0 Å². The third kappa shape index (κ3) is 5.24. The summed E-state index contributed by atoms with van der Waals surface area (Å²) in [6.07, 6.45) is 6.19. The molecule has 0 spiro atoms. The zero-order valence-electron chi connectivity index (χ0n) is 16.9. The zero-order chi connectivity index (χ0) is 19.6. The van der Waals surface area contributed by atoms with Gasteiger partial charge in [-0.05, 0) is 38.5 Å². The van der Waals surface area contributed by atoms with Crippen LogP contribution in [0.1, 0.15) is 39.0 Å². The average molecular weight is 357 g/mol. The summed E-state index contributed by atoms with van der Waals surface area (Å²) in [6.45, 7) is 10.1. The minimum Gasteiger partial charge on any atom is -0.228 e. The molecule has 2 aromatic carbocycles. The molecule has 0 N–H and O–H groups in total. The Hall–Kier alpha value is -3.00. The average Bonchev–Trinajstić information content (AvgIpc) is 2.74. The summed E-state index contributed by atoms with van der Waals surface area (Å²) >= 11 is 0. The van der Waals surface area contributed by atoms with Crippen molar-refractivity contribution in [3.8, 4) is 22.6 Å². The van der Waals surface area contributed by atoms with Gasteiger partial charge in [0.15, 0.2) is 5.82 Å². The van der Waals surface area contributed by atoms with Crippen molar-refractivity contribution < 1.29 is 0 Å². The van der Waals surface area contributed by atoms with Gasteiger partial charge in [-0.3, -0.25) is 0 Å². The van der Waals surface area contributed by atoms with Crippen LogP contribution in [0.4, 0.5) is 0 Å². The molecule has 0 aliphatic heterocycles. The van der Waals surface area contributed by atoms with Gasteiger partial charge >= 0.3 is 0 Å². The Balaban J connectivity index is 0.00000126. The van der Waals surface area contributed by atoms with Gasteiger partial charge < -0.3 is 0 Å². The Labute approximate surface area is 163 Å². The van der Waals surface area contributed by atoms with Gasteiger partial charge in [0.05, 0.1) is 11.4 Å². The minimum absolute atomic E-state index is 0.749. The lowest BCUT2D eigenvalue weighted by molar-refractivity contribution is 1.15. The standard InChI is InChI=1S/C23H22N2.C2H6/c1-4-10-18(5-2)21-16-22(20-14-9-11-17(3)15-20)25-23(24-21)19-12-7-6-8-13-19;1-2/h4-16H,1-3H3;1-2H3/b10-4-,18-5+;. The molecular weight excluding hydrogens is 328 g/mol. The Morgan fingerprint density at radius 1 is 0.815 bits per heavy atom. The highest BCUT2D eigenvalue weighted by molar-refractivity contribution is 5.76. The first-order valence-electron chi connectivity index (χ1n) is 9.52. The van der Waals surface area contributed by atoms with Crippen LogP contribution >= 0.6 is 0 Å². The highest BCUT2D eigenvalue weighted by Gasteiger charge is 2.10. The highest BCUT2D eigenvalue weighted by atomic mass is 14.9. The van der Waals surface area contributed by atoms with E-state index in [-0.39, 0.29) is 0 Å². The van der Waals surface area contributed by atoms with Crippen molar-refractivity contribution in [3.63, 3.8) is 0 Å². The Kier molecular flexibility index (Phi) is 7.69. The van der Waals surface area contributed by atoms with Crippen LogP contribution < -0.4 is 0 Å². The first-order chi connectivity index (χ1) is 13.2. The fraction of sp³-hybridized carbons (Fsp3) is 0.200. The fourth-order valence-electron chi connectivity index (χ4n) is 2.77. The van der Waals surface area contributed by atoms with Gasteiger partial charge in [-0.2, -0.15) is 0 Å². The van der Waals surface area contributed by atoms with E-state index >= 15 is 0 Å². The van der Waals surface area contributed by atoms with Crippen molar-refractivity contribution in [2.75, 3.05) is 0 Å². The second-order valence-electron chi connectivity index (χ2n) is 5.94. The van der Waals surface area contributed by atoms with Gasteiger partial charge in [0.25, 0.3) is 0 Å². The third-order valence-corrected chi connectivity index (χ3v) is 4.02. The number of rotatable bonds is 4. The van der Waals surface area contributed by atoms with Crippen molar-refractivity contribution in [2.45, 2.75) is 34.6 Å². The predicted octanol–water partition coefficient (Wildman–Crippen LogP) is 7.12. The number of benzene rings is 2. The van der Waals surface area contributed by atoms with E-state index < -0.39 is 0 Å². The summed E-state index contributed by atoms with van der Waals surface area (Å²) in [5, 5.41) is 0. The van der Waals surface area contributed by atoms with Crippen molar-refractivity contribution >= 4 is 5.57 Å². The zero-order valence-corrected chi connectivity index (χ0v) is 16.9. The largest absolute Gasteiger partial charge is 0.228 e. The van der Waals surface area contributed by atoms with Gasteiger partial charge in [0, 0.05) is 11.1 Å². The van der Waals surface area contributed by atoms with Crippen LogP contribution in [0.3, 0.4) is 0 Å². The lowest BCUT2D eigenvalue weighted by Gasteiger charge is -2.10. The number of nitrogens with zero attached hydrogens (tertiary/aromatic N) is 2. The Morgan fingerprint density at radius 3 is 2.15 bits per heavy atom. The highest BCUT2D eigenvalue weighted by Crippen LogP contribution is 2.26. The smallest absolute Gasteiger partial charge is 0.160 e. The molecule has 0 fully saturated rings. The molecule has 0 bridgehead atoms. The molecule has 0 atom stereocenters. The van der Waals surface area contributed by atoms with Crippen LogP contribution in [0.5, 0.6) is 0 Å². The number of hydrogen-bond acceptors (Lipinski definition) is 2. The van der Waals surface area contributed by atoms with Crippen LogP contribution in [0.25, 0.3) is 28.2 Å². The Morgan fingerprint density at radius 2 is 1.52 bits per heavy atom. The van der Waals surface area contributed by atoms with Crippen LogP contribution in [0, 0.1) is 6.92 Å². The number of allylic oxidation sites excluding steroid dienone is 4. The maximum atomic E-state index is 4.83. The molecule has 138 valence electrons. The molecule has 0 radical (unpaired) electrons. The van der Waals surface area contributed by atoms with Crippen LogP contribution in [-0.2, 0) is 0 Å². The lowest BCUT2D eigenvalue weighted by atomic mass is 10.0. The van der Waals surface area contributed by atoms with Gasteiger partial charge in [-0.25, -0.2) is 9.97 Å². The molecular formula is C25H28N2. The maximum absolute atomic E-state index is 4.83. The van der Waals surface area contributed by atoms with E-state index in [1.54, 1.807) is 0 Å². The summed E-state index contributed by atoms with van der Waals surface area (Å²) in [6, 6.07) is 20.6. The molecule has 2 nitrogen and oxygen atoms in total. The van der Waals surface area contributed by atoms with E-state index in [1.807, 2.05) is 64.1 Å². The van der Waals surface area contributed by atoms with Crippen LogP contribution in [-0.4, -0.2) is 9.97 Å². The van der Waals surface area contributed by atoms with E-state index in [4.69, 9.17) is 9.97 Å². The van der Waals surface area contributed by atoms with E-state index in [0.29, 0.717) is 0 Å². The van der Waals surface area contributed by atoms with Crippen molar-refractivity contribution in [3.05, 3.63) is 90.1 Å². The van der Waals surface area contributed by atoms with Gasteiger partial charge in [0.2, 0.25) is 0 Å². The summed E-state index contributed by atoms with van der Waals surface area (Å²) in [5.74, 6) is 0.749. The summed E-state index contributed by atoms with van der Waals surface area (Å²) in [5.41, 5.74) is 6.32. The lowest BCUT2D eigenvalue weighted by Crippen LogP contribution is -1.97. The van der Waals surface area contributed by atoms with Gasteiger partial charge in [0.1, 0.15) is 0 Å². The van der Waals surface area contributed by atoms with E-state index in [0.717, 1.165) is 33.9 Å². The van der Waals surface area contributed by atoms with Gasteiger partial charge in [-0.1, -0.05) is 86.2 Å². The second kappa shape index (κ2) is 10.2. The summed E-state index contributed by atoms with van der Waals surface area (Å²) in [7, 11) is 0. The third-order valence-electron chi connectivity index (χ3n) is 4.02. The van der Waals surface area contributed by atoms with E-state index in [1.165, 1.54) is 5.56 Å². The molecule has 27 heavy (non-hydrogen) atoms. The quantitative estimate of drug-likeness (QED) is 0.465. The molecule has 0 amide bonds. The van der Waals surface area contributed by atoms with E-state index in [9.17, 15) is 0 Å².